The van der Waals surface area contributed by atoms with Gasteiger partial charge in [0.1, 0.15) is 0 Å². The first-order chi connectivity index (χ1) is 6.12. The average Bonchev–Trinajstić information content (AvgIpc) is 2.15. The fraction of sp³-hybridized carbons (Fsp3) is 0. The molecule has 0 saturated heterocycles. The molecule has 3 heteroatoms. The maximum Gasteiger partial charge on any atom is 0.206 e. The molecule has 0 saturated carbocycles. The van der Waals surface area contributed by atoms with E-state index in [9.17, 15) is 8.42 Å². The molecule has 1 aliphatic heterocycles. The predicted molar refractivity (Wildman–Crippen MR) is 52.5 cm³/mol. The van der Waals surface area contributed by atoms with E-state index in [1.807, 2.05) is 18.2 Å². The second-order valence-electron chi connectivity index (χ2n) is 2.84. The van der Waals surface area contributed by atoms with Gasteiger partial charge < -0.3 is 0 Å². The number of hydrogen-bond acceptors (Lipinski definition) is 2. The maximum atomic E-state index is 11.4. The molecule has 13 heavy (non-hydrogen) atoms. The third-order valence-corrected chi connectivity index (χ3v) is 3.73. The standard InChI is InChI=1S/C10H8O2S/c1-8-7-10(13(8,11)12)9-5-3-2-4-6-9/h2-7H,1H2. The van der Waals surface area contributed by atoms with Gasteiger partial charge in [0.05, 0.1) is 9.81 Å². The van der Waals surface area contributed by atoms with Crippen molar-refractivity contribution in [3.8, 4) is 0 Å². The molecule has 0 radical (unpaired) electrons. The van der Waals surface area contributed by atoms with Crippen molar-refractivity contribution in [1.82, 2.24) is 0 Å². The molecular formula is C10H8O2S. The molecule has 0 N–H and O–H groups in total. The van der Waals surface area contributed by atoms with Gasteiger partial charge in [0, 0.05) is 0 Å². The normalized spacial score (nSPS) is 19.1. The molecule has 0 fully saturated rings. The van der Waals surface area contributed by atoms with Crippen LogP contribution in [0, 0.1) is 0 Å². The van der Waals surface area contributed by atoms with Crippen molar-refractivity contribution >= 4 is 14.7 Å². The Morgan fingerprint density at radius 2 is 1.69 bits per heavy atom. The Balaban J connectivity index is 2.54. The molecule has 1 heterocycles. The largest absolute Gasteiger partial charge is 0.219 e. The van der Waals surface area contributed by atoms with Gasteiger partial charge in [0.15, 0.2) is 0 Å². The van der Waals surface area contributed by atoms with Crippen LogP contribution in [-0.4, -0.2) is 8.42 Å². The van der Waals surface area contributed by atoms with Crippen molar-refractivity contribution in [2.45, 2.75) is 0 Å². The summed E-state index contributed by atoms with van der Waals surface area (Å²) in [6, 6.07) is 9.02. The molecule has 1 aromatic carbocycles. The van der Waals surface area contributed by atoms with Crippen LogP contribution < -0.4 is 0 Å². The lowest BCUT2D eigenvalue weighted by molar-refractivity contribution is 0.610. The van der Waals surface area contributed by atoms with Gasteiger partial charge in [-0.25, -0.2) is 8.42 Å². The maximum absolute atomic E-state index is 11.4. The summed E-state index contributed by atoms with van der Waals surface area (Å²) in [5.41, 5.74) is 0.731. The highest BCUT2D eigenvalue weighted by molar-refractivity contribution is 8.06. The lowest BCUT2D eigenvalue weighted by Gasteiger charge is -2.17. The minimum atomic E-state index is -3.19. The van der Waals surface area contributed by atoms with Crippen LogP contribution >= 0.6 is 0 Å². The second kappa shape index (κ2) is 2.57. The van der Waals surface area contributed by atoms with E-state index in [-0.39, 0.29) is 4.91 Å². The molecule has 2 rings (SSSR count). The van der Waals surface area contributed by atoms with Crippen molar-refractivity contribution in [2.75, 3.05) is 0 Å². The van der Waals surface area contributed by atoms with Gasteiger partial charge in [-0.2, -0.15) is 0 Å². The van der Waals surface area contributed by atoms with Gasteiger partial charge in [0.2, 0.25) is 9.84 Å². The van der Waals surface area contributed by atoms with Gasteiger partial charge in [-0.05, 0) is 11.6 Å². The van der Waals surface area contributed by atoms with Crippen LogP contribution in [0.4, 0.5) is 0 Å². The first kappa shape index (κ1) is 8.26. The zero-order chi connectivity index (χ0) is 9.47. The molecule has 2 nitrogen and oxygen atoms in total. The zero-order valence-corrected chi connectivity index (χ0v) is 7.71. The summed E-state index contributed by atoms with van der Waals surface area (Å²) < 4.78 is 22.8. The molecule has 0 aromatic heterocycles. The summed E-state index contributed by atoms with van der Waals surface area (Å²) in [6.45, 7) is 3.42. The molecule has 0 unspecified atom stereocenters. The quantitative estimate of drug-likeness (QED) is 0.681. The summed E-state index contributed by atoms with van der Waals surface area (Å²) in [4.78, 5) is 0.574. The summed E-state index contributed by atoms with van der Waals surface area (Å²) >= 11 is 0. The third-order valence-electron chi connectivity index (χ3n) is 1.99. The predicted octanol–water partition coefficient (Wildman–Crippen LogP) is 1.97. The number of hydrogen-bond donors (Lipinski definition) is 0. The van der Waals surface area contributed by atoms with Crippen LogP contribution in [0.2, 0.25) is 0 Å². The molecule has 0 atom stereocenters. The third kappa shape index (κ3) is 1.12. The van der Waals surface area contributed by atoms with Crippen molar-refractivity contribution < 1.29 is 8.42 Å². The highest BCUT2D eigenvalue weighted by atomic mass is 32.2. The summed E-state index contributed by atoms with van der Waals surface area (Å²) in [7, 11) is -3.19. The van der Waals surface area contributed by atoms with Crippen LogP contribution in [0.1, 0.15) is 5.56 Å². The van der Waals surface area contributed by atoms with Crippen molar-refractivity contribution in [2.24, 2.45) is 0 Å². The fourth-order valence-corrected chi connectivity index (χ4v) is 2.34. The van der Waals surface area contributed by atoms with E-state index in [1.165, 1.54) is 0 Å². The van der Waals surface area contributed by atoms with Gasteiger partial charge in [-0.15, -0.1) is 0 Å². The van der Waals surface area contributed by atoms with E-state index >= 15 is 0 Å². The van der Waals surface area contributed by atoms with Crippen LogP contribution in [0.5, 0.6) is 0 Å². The van der Waals surface area contributed by atoms with Crippen LogP contribution in [-0.2, 0) is 9.84 Å². The lowest BCUT2D eigenvalue weighted by Crippen LogP contribution is -2.13. The smallest absolute Gasteiger partial charge is 0.206 e. The Morgan fingerprint density at radius 1 is 1.08 bits per heavy atom. The number of benzene rings is 1. The van der Waals surface area contributed by atoms with Crippen molar-refractivity contribution in [3.05, 3.63) is 53.5 Å². The lowest BCUT2D eigenvalue weighted by atomic mass is 10.2. The van der Waals surface area contributed by atoms with Crippen molar-refractivity contribution in [3.63, 3.8) is 0 Å². The summed E-state index contributed by atoms with van der Waals surface area (Å²) in [5.74, 6) is 0. The fourth-order valence-electron chi connectivity index (χ4n) is 1.23. The van der Waals surface area contributed by atoms with Gasteiger partial charge in [0.25, 0.3) is 0 Å². The summed E-state index contributed by atoms with van der Waals surface area (Å²) in [6.07, 6.45) is 1.59. The SMILES string of the molecule is C=C1C=C(c2ccccc2)S1(=O)=O. The van der Waals surface area contributed by atoms with E-state index in [2.05, 4.69) is 6.58 Å². The molecular weight excluding hydrogens is 184 g/mol. The molecule has 1 aliphatic rings. The Morgan fingerprint density at radius 3 is 2.15 bits per heavy atom. The van der Waals surface area contributed by atoms with E-state index < -0.39 is 9.84 Å². The topological polar surface area (TPSA) is 34.1 Å². The average molecular weight is 192 g/mol. The van der Waals surface area contributed by atoms with E-state index in [1.54, 1.807) is 18.2 Å². The summed E-state index contributed by atoms with van der Waals surface area (Å²) in [5, 5.41) is 0. The van der Waals surface area contributed by atoms with Gasteiger partial charge in [-0.1, -0.05) is 36.9 Å². The molecule has 66 valence electrons. The Hall–Kier alpha value is -1.35. The first-order valence-electron chi connectivity index (χ1n) is 3.83. The molecule has 0 spiro atoms. The zero-order valence-electron chi connectivity index (χ0n) is 6.90. The Labute approximate surface area is 77.1 Å². The van der Waals surface area contributed by atoms with Gasteiger partial charge >= 0.3 is 0 Å². The second-order valence-corrected chi connectivity index (χ2v) is 4.82. The number of sulfone groups is 1. The number of rotatable bonds is 1. The van der Waals surface area contributed by atoms with Crippen LogP contribution in [0.15, 0.2) is 47.9 Å². The minimum Gasteiger partial charge on any atom is -0.219 e. The Bertz CT molecular complexity index is 481. The molecule has 0 amide bonds. The monoisotopic (exact) mass is 192 g/mol. The molecule has 0 bridgehead atoms. The van der Waals surface area contributed by atoms with Crippen molar-refractivity contribution in [1.29, 1.82) is 0 Å². The highest BCUT2D eigenvalue weighted by Crippen LogP contribution is 2.36. The Kier molecular flexibility index (Phi) is 1.63. The molecule has 1 aromatic rings. The highest BCUT2D eigenvalue weighted by Gasteiger charge is 2.30. The van der Waals surface area contributed by atoms with E-state index in [0.717, 1.165) is 5.56 Å². The minimum absolute atomic E-state index is 0.200. The van der Waals surface area contributed by atoms with Crippen LogP contribution in [0.25, 0.3) is 4.91 Å². The van der Waals surface area contributed by atoms with Crippen LogP contribution in [0.3, 0.4) is 0 Å². The van der Waals surface area contributed by atoms with Gasteiger partial charge in [-0.3, -0.25) is 0 Å². The van der Waals surface area contributed by atoms with E-state index in [4.69, 9.17) is 0 Å². The van der Waals surface area contributed by atoms with E-state index in [0.29, 0.717) is 4.91 Å². The first-order valence-corrected chi connectivity index (χ1v) is 5.32. The number of allylic oxidation sites excluding steroid dienone is 1. The molecule has 0 aliphatic carbocycles.